The molecule has 0 spiro atoms. The Bertz CT molecular complexity index is 1520. The van der Waals surface area contributed by atoms with E-state index in [-0.39, 0.29) is 11.9 Å². The van der Waals surface area contributed by atoms with Gasteiger partial charge in [0.1, 0.15) is 5.75 Å². The van der Waals surface area contributed by atoms with Crippen LogP contribution in [0.5, 0.6) is 5.75 Å². The van der Waals surface area contributed by atoms with Gasteiger partial charge in [-0.3, -0.25) is 9.69 Å². The first kappa shape index (κ1) is 24.9. The third-order valence-electron chi connectivity index (χ3n) is 7.59. The van der Waals surface area contributed by atoms with Crippen molar-refractivity contribution in [3.05, 3.63) is 113 Å². The van der Waals surface area contributed by atoms with Crippen LogP contribution in [0.25, 0.3) is 5.69 Å². The van der Waals surface area contributed by atoms with Crippen LogP contribution in [0.4, 0.5) is 0 Å². The van der Waals surface area contributed by atoms with Gasteiger partial charge in [-0.1, -0.05) is 36.4 Å². The fraction of sp³-hybridized carbons (Fsp3) is 0.281. The fourth-order valence-electron chi connectivity index (χ4n) is 5.38. The zero-order valence-electron chi connectivity index (χ0n) is 22.1. The van der Waals surface area contributed by atoms with Gasteiger partial charge in [0, 0.05) is 43.2 Å². The predicted octanol–water partition coefficient (Wildman–Crippen LogP) is 5.12. The maximum absolute atomic E-state index is 13.7. The zero-order valence-corrected chi connectivity index (χ0v) is 22.1. The van der Waals surface area contributed by atoms with E-state index in [2.05, 4.69) is 39.9 Å². The normalized spacial score (nSPS) is 14.9. The first-order valence-electron chi connectivity index (χ1n) is 13.4. The Morgan fingerprint density at radius 1 is 1.08 bits per heavy atom. The molecule has 1 aliphatic carbocycles. The van der Waals surface area contributed by atoms with E-state index in [1.807, 2.05) is 35.2 Å². The third kappa shape index (κ3) is 5.29. The molecular weight excluding hydrogens is 486 g/mol. The Balaban J connectivity index is 1.31. The molecule has 39 heavy (non-hydrogen) atoms. The van der Waals surface area contributed by atoms with Gasteiger partial charge < -0.3 is 9.64 Å². The summed E-state index contributed by atoms with van der Waals surface area (Å²) in [6.45, 7) is 3.01. The SMILES string of the molecule is COc1ccc(CN2CCc3c(c(CN(C(=O)c4cccc(C#N)c4)C4CC4)nn3-c3ccccc3)C2)cc1. The molecule has 2 aliphatic rings. The van der Waals surface area contributed by atoms with Gasteiger partial charge in [-0.2, -0.15) is 10.4 Å². The molecule has 3 aromatic carbocycles. The second kappa shape index (κ2) is 10.8. The van der Waals surface area contributed by atoms with Crippen LogP contribution in [0, 0.1) is 11.3 Å². The molecule has 0 N–H and O–H groups in total. The summed E-state index contributed by atoms with van der Waals surface area (Å²) < 4.78 is 7.39. The van der Waals surface area contributed by atoms with Crippen LogP contribution >= 0.6 is 0 Å². The molecule has 1 amide bonds. The molecule has 196 valence electrons. The second-order valence-electron chi connectivity index (χ2n) is 10.3. The van der Waals surface area contributed by atoms with E-state index in [1.165, 1.54) is 16.8 Å². The summed E-state index contributed by atoms with van der Waals surface area (Å²) in [5.74, 6) is 0.819. The van der Waals surface area contributed by atoms with Gasteiger partial charge in [-0.25, -0.2) is 4.68 Å². The molecule has 1 aromatic heterocycles. The number of carbonyl (C=O) groups excluding carboxylic acids is 1. The molecule has 1 fully saturated rings. The Labute approximate surface area is 228 Å². The largest absolute Gasteiger partial charge is 0.497 e. The molecule has 0 bridgehead atoms. The van der Waals surface area contributed by atoms with E-state index in [1.54, 1.807) is 31.4 Å². The van der Waals surface area contributed by atoms with Crippen LogP contribution < -0.4 is 4.74 Å². The molecule has 6 rings (SSSR count). The Morgan fingerprint density at radius 2 is 1.87 bits per heavy atom. The zero-order chi connectivity index (χ0) is 26.8. The summed E-state index contributed by atoms with van der Waals surface area (Å²) in [4.78, 5) is 18.1. The number of fused-ring (bicyclic) bond motifs is 1. The number of benzene rings is 3. The molecule has 0 radical (unpaired) electrons. The highest BCUT2D eigenvalue weighted by Gasteiger charge is 2.35. The number of ether oxygens (including phenoxy) is 1. The number of carbonyl (C=O) groups is 1. The van der Waals surface area contributed by atoms with E-state index < -0.39 is 0 Å². The number of aromatic nitrogens is 2. The summed E-state index contributed by atoms with van der Waals surface area (Å²) in [6.07, 6.45) is 2.87. The number of para-hydroxylation sites is 1. The highest BCUT2D eigenvalue weighted by molar-refractivity contribution is 5.95. The highest BCUT2D eigenvalue weighted by Crippen LogP contribution is 2.33. The summed E-state index contributed by atoms with van der Waals surface area (Å²) in [5.41, 5.74) is 6.71. The maximum atomic E-state index is 13.7. The van der Waals surface area contributed by atoms with Gasteiger partial charge >= 0.3 is 0 Å². The van der Waals surface area contributed by atoms with Crippen LogP contribution in [0.1, 0.15) is 51.3 Å². The quantitative estimate of drug-likeness (QED) is 0.325. The lowest BCUT2D eigenvalue weighted by Gasteiger charge is -2.29. The average Bonchev–Trinajstić information content (AvgIpc) is 3.78. The van der Waals surface area contributed by atoms with E-state index in [0.29, 0.717) is 17.7 Å². The summed E-state index contributed by atoms with van der Waals surface area (Å²) in [7, 11) is 1.68. The van der Waals surface area contributed by atoms with E-state index >= 15 is 0 Å². The lowest BCUT2D eigenvalue weighted by molar-refractivity contribution is 0.0726. The van der Waals surface area contributed by atoms with E-state index in [0.717, 1.165) is 56.0 Å². The molecular formula is C32H31N5O2. The standard InChI is InChI=1S/C32H31N5O2/c1-39-28-14-10-23(11-15-28)20-35-17-16-31-29(21-35)30(34-37(31)27-8-3-2-4-9-27)22-36(26-12-13-26)32(38)25-7-5-6-24(18-25)19-33/h2-11,14-15,18,26H,12-13,16-17,20-22H2,1H3. The number of methoxy groups -OCH3 is 1. The van der Waals surface area contributed by atoms with Crippen molar-refractivity contribution in [2.75, 3.05) is 13.7 Å². The van der Waals surface area contributed by atoms with Crippen molar-refractivity contribution in [1.82, 2.24) is 19.6 Å². The lowest BCUT2D eigenvalue weighted by Crippen LogP contribution is -2.34. The van der Waals surface area contributed by atoms with Gasteiger partial charge in [0.25, 0.3) is 5.91 Å². The molecule has 4 aromatic rings. The highest BCUT2D eigenvalue weighted by atomic mass is 16.5. The van der Waals surface area contributed by atoms with Gasteiger partial charge in [-0.05, 0) is 60.9 Å². The Morgan fingerprint density at radius 3 is 2.59 bits per heavy atom. The molecule has 7 heteroatoms. The minimum Gasteiger partial charge on any atom is -0.497 e. The Kier molecular flexibility index (Phi) is 6.87. The van der Waals surface area contributed by atoms with Crippen molar-refractivity contribution in [2.24, 2.45) is 0 Å². The van der Waals surface area contributed by atoms with Crippen molar-refractivity contribution in [3.8, 4) is 17.5 Å². The molecule has 1 aliphatic heterocycles. The number of hydrogen-bond acceptors (Lipinski definition) is 5. The third-order valence-corrected chi connectivity index (χ3v) is 7.59. The number of hydrogen-bond donors (Lipinski definition) is 0. The fourth-order valence-corrected chi connectivity index (χ4v) is 5.38. The number of amides is 1. The second-order valence-corrected chi connectivity index (χ2v) is 10.3. The topological polar surface area (TPSA) is 74.4 Å². The van der Waals surface area contributed by atoms with Crippen LogP contribution in [-0.4, -0.2) is 45.2 Å². The molecule has 0 atom stereocenters. The van der Waals surface area contributed by atoms with Gasteiger partial charge in [-0.15, -0.1) is 0 Å². The van der Waals surface area contributed by atoms with Crippen molar-refractivity contribution in [2.45, 2.75) is 44.9 Å². The predicted molar refractivity (Wildman–Crippen MR) is 148 cm³/mol. The number of rotatable bonds is 8. The van der Waals surface area contributed by atoms with Crippen molar-refractivity contribution in [1.29, 1.82) is 5.26 Å². The molecule has 2 heterocycles. The minimum absolute atomic E-state index is 0.0384. The molecule has 7 nitrogen and oxygen atoms in total. The lowest BCUT2D eigenvalue weighted by atomic mass is 10.0. The monoisotopic (exact) mass is 517 g/mol. The van der Waals surface area contributed by atoms with Crippen molar-refractivity contribution >= 4 is 5.91 Å². The van der Waals surface area contributed by atoms with Gasteiger partial charge in [0.05, 0.1) is 42.4 Å². The summed E-state index contributed by atoms with van der Waals surface area (Å²) in [5, 5.41) is 14.5. The van der Waals surface area contributed by atoms with Crippen molar-refractivity contribution in [3.63, 3.8) is 0 Å². The minimum atomic E-state index is -0.0384. The molecule has 0 saturated heterocycles. The summed E-state index contributed by atoms with van der Waals surface area (Å²) >= 11 is 0. The molecule has 1 saturated carbocycles. The summed E-state index contributed by atoms with van der Waals surface area (Å²) in [6, 6.07) is 27.8. The van der Waals surface area contributed by atoms with Crippen LogP contribution in [0.15, 0.2) is 78.9 Å². The molecule has 0 unspecified atom stereocenters. The number of nitriles is 1. The van der Waals surface area contributed by atoms with Crippen LogP contribution in [0.2, 0.25) is 0 Å². The van der Waals surface area contributed by atoms with Crippen molar-refractivity contribution < 1.29 is 9.53 Å². The van der Waals surface area contributed by atoms with Gasteiger partial charge in [0.15, 0.2) is 0 Å². The maximum Gasteiger partial charge on any atom is 0.254 e. The van der Waals surface area contributed by atoms with E-state index in [4.69, 9.17) is 9.84 Å². The number of nitrogens with zero attached hydrogens (tertiary/aromatic N) is 5. The first-order valence-corrected chi connectivity index (χ1v) is 13.4. The van der Waals surface area contributed by atoms with Crippen LogP contribution in [-0.2, 0) is 26.1 Å². The first-order chi connectivity index (χ1) is 19.1. The average molecular weight is 518 g/mol. The van der Waals surface area contributed by atoms with E-state index in [9.17, 15) is 10.1 Å². The Hall–Kier alpha value is -4.41. The van der Waals surface area contributed by atoms with Gasteiger partial charge in [0.2, 0.25) is 0 Å². The van der Waals surface area contributed by atoms with Crippen LogP contribution in [0.3, 0.4) is 0 Å². The smallest absolute Gasteiger partial charge is 0.254 e.